The molecule has 4 heteroatoms. The Balaban J connectivity index is 1.24. The Morgan fingerprint density at radius 1 is 0.635 bits per heavy atom. The first-order chi connectivity index (χ1) is 25.7. The number of benzene rings is 6. The standard InChI is InChI=1S/C48H35N3O/c1-3-50-48(51-47(49-2)34-14-5-4-6-15-34)46-40-20-12-11-18-38(40)36-16-7-8-17-37(29-36)44(46)33-23-21-31(22-24-33)35-26-27-42-41(30-35)45-39-19-10-9-13-32(39)25-28-43(45)52-42/h4-28,30H,2-3,29H2,1H3. The molecule has 2 bridgehead atoms. The number of allylic oxidation sites excluding steroid dienone is 7. The van der Waals surface area contributed by atoms with Crippen LogP contribution in [-0.4, -0.2) is 24.9 Å². The van der Waals surface area contributed by atoms with Gasteiger partial charge in [-0.05, 0) is 93.6 Å². The summed E-state index contributed by atoms with van der Waals surface area (Å²) in [5.41, 5.74) is 12.9. The van der Waals surface area contributed by atoms with Crippen LogP contribution in [0.15, 0.2) is 183 Å². The van der Waals surface area contributed by atoms with E-state index < -0.39 is 0 Å². The van der Waals surface area contributed by atoms with E-state index in [1.807, 2.05) is 37.3 Å². The summed E-state index contributed by atoms with van der Waals surface area (Å²) in [6, 6.07) is 46.7. The lowest BCUT2D eigenvalue weighted by molar-refractivity contribution is 0.669. The third-order valence-corrected chi connectivity index (χ3v) is 9.99. The van der Waals surface area contributed by atoms with Gasteiger partial charge < -0.3 is 4.42 Å². The maximum absolute atomic E-state index is 6.30. The second-order valence-electron chi connectivity index (χ2n) is 13.0. The van der Waals surface area contributed by atoms with Crippen molar-refractivity contribution in [3.05, 3.63) is 186 Å². The first kappa shape index (κ1) is 31.3. The quantitative estimate of drug-likeness (QED) is 0.133. The predicted molar refractivity (Wildman–Crippen MR) is 220 cm³/mol. The van der Waals surface area contributed by atoms with Crippen molar-refractivity contribution in [1.29, 1.82) is 0 Å². The Hall–Kier alpha value is -6.65. The lowest BCUT2D eigenvalue weighted by atomic mass is 9.88. The number of hydrogen-bond acceptors (Lipinski definition) is 2. The van der Waals surface area contributed by atoms with Gasteiger partial charge >= 0.3 is 0 Å². The number of furan rings is 1. The van der Waals surface area contributed by atoms with Gasteiger partial charge in [-0.15, -0.1) is 0 Å². The molecule has 0 N–H and O–H groups in total. The molecule has 248 valence electrons. The normalized spacial score (nSPS) is 14.6. The fourth-order valence-corrected chi connectivity index (χ4v) is 7.62. The maximum atomic E-state index is 6.30. The van der Waals surface area contributed by atoms with Crippen LogP contribution >= 0.6 is 0 Å². The van der Waals surface area contributed by atoms with Gasteiger partial charge in [0, 0.05) is 28.5 Å². The van der Waals surface area contributed by atoms with Crippen molar-refractivity contribution in [1.82, 2.24) is 0 Å². The molecule has 52 heavy (non-hydrogen) atoms. The Morgan fingerprint density at radius 2 is 1.33 bits per heavy atom. The van der Waals surface area contributed by atoms with E-state index in [2.05, 4.69) is 139 Å². The molecule has 1 aromatic heterocycles. The van der Waals surface area contributed by atoms with E-state index in [0.29, 0.717) is 18.2 Å². The molecule has 0 spiro atoms. The van der Waals surface area contributed by atoms with Crippen LogP contribution in [0.2, 0.25) is 0 Å². The highest BCUT2D eigenvalue weighted by atomic mass is 16.3. The summed E-state index contributed by atoms with van der Waals surface area (Å²) in [7, 11) is 0. The minimum Gasteiger partial charge on any atom is -0.456 e. The van der Waals surface area contributed by atoms with Gasteiger partial charge in [0.2, 0.25) is 0 Å². The first-order valence-electron chi connectivity index (χ1n) is 17.7. The summed E-state index contributed by atoms with van der Waals surface area (Å²) in [5.74, 6) is 1.18. The van der Waals surface area contributed by atoms with Crippen LogP contribution in [0.5, 0.6) is 0 Å². The number of amidine groups is 2. The second-order valence-corrected chi connectivity index (χ2v) is 13.0. The van der Waals surface area contributed by atoms with E-state index >= 15 is 0 Å². The highest BCUT2D eigenvalue weighted by molar-refractivity contribution is 6.35. The molecule has 0 saturated carbocycles. The number of hydrogen-bond donors (Lipinski definition) is 0. The maximum Gasteiger partial charge on any atom is 0.161 e. The van der Waals surface area contributed by atoms with Crippen molar-refractivity contribution in [3.8, 4) is 11.1 Å². The Labute approximate surface area is 302 Å². The molecule has 9 rings (SSSR count). The summed E-state index contributed by atoms with van der Waals surface area (Å²) in [4.78, 5) is 14.6. The van der Waals surface area contributed by atoms with E-state index in [1.54, 1.807) is 0 Å². The van der Waals surface area contributed by atoms with Crippen LogP contribution in [-0.2, 0) is 0 Å². The molecule has 4 nitrogen and oxygen atoms in total. The molecule has 2 aliphatic carbocycles. The summed E-state index contributed by atoms with van der Waals surface area (Å²) in [6.07, 6.45) is 9.52. The van der Waals surface area contributed by atoms with Gasteiger partial charge in [0.1, 0.15) is 11.2 Å². The van der Waals surface area contributed by atoms with Crippen molar-refractivity contribution in [2.75, 3.05) is 6.54 Å². The van der Waals surface area contributed by atoms with E-state index in [4.69, 9.17) is 14.4 Å². The fraction of sp³-hybridized carbons (Fsp3) is 0.0625. The smallest absolute Gasteiger partial charge is 0.161 e. The molecule has 1 heterocycles. The van der Waals surface area contributed by atoms with Gasteiger partial charge in [-0.25, -0.2) is 9.98 Å². The average molecular weight is 670 g/mol. The molecule has 0 unspecified atom stereocenters. The van der Waals surface area contributed by atoms with Gasteiger partial charge in [0.25, 0.3) is 0 Å². The topological polar surface area (TPSA) is 50.2 Å². The zero-order valence-electron chi connectivity index (χ0n) is 28.9. The highest BCUT2D eigenvalue weighted by Gasteiger charge is 2.28. The lowest BCUT2D eigenvalue weighted by Crippen LogP contribution is -2.09. The van der Waals surface area contributed by atoms with Crippen molar-refractivity contribution < 1.29 is 4.42 Å². The minimum absolute atomic E-state index is 0.542. The Bertz CT molecular complexity index is 2730. The van der Waals surface area contributed by atoms with Crippen molar-refractivity contribution >= 4 is 67.8 Å². The van der Waals surface area contributed by atoms with Crippen LogP contribution in [0.4, 0.5) is 0 Å². The van der Waals surface area contributed by atoms with Crippen LogP contribution in [0.3, 0.4) is 0 Å². The third-order valence-electron chi connectivity index (χ3n) is 9.99. The summed E-state index contributed by atoms with van der Waals surface area (Å²) in [5, 5.41) is 4.68. The van der Waals surface area contributed by atoms with E-state index in [0.717, 1.165) is 67.3 Å². The molecular formula is C48H35N3O. The summed E-state index contributed by atoms with van der Waals surface area (Å²) in [6.45, 7) is 6.52. The minimum atomic E-state index is 0.542. The van der Waals surface area contributed by atoms with E-state index in [-0.39, 0.29) is 0 Å². The van der Waals surface area contributed by atoms with E-state index in [9.17, 15) is 0 Å². The summed E-state index contributed by atoms with van der Waals surface area (Å²) >= 11 is 0. The van der Waals surface area contributed by atoms with Crippen LogP contribution in [0.25, 0.3) is 60.6 Å². The molecule has 0 amide bonds. The van der Waals surface area contributed by atoms with Gasteiger partial charge in [0.15, 0.2) is 11.7 Å². The molecule has 7 aromatic rings. The second kappa shape index (κ2) is 13.2. The molecule has 2 aliphatic rings. The molecular weight excluding hydrogens is 635 g/mol. The first-order valence-corrected chi connectivity index (χ1v) is 17.7. The van der Waals surface area contributed by atoms with E-state index in [1.165, 1.54) is 27.5 Å². The third kappa shape index (κ3) is 5.46. The van der Waals surface area contributed by atoms with Gasteiger partial charge in [0.05, 0.1) is 0 Å². The molecule has 0 aliphatic heterocycles. The van der Waals surface area contributed by atoms with Gasteiger partial charge in [-0.2, -0.15) is 0 Å². The number of rotatable bonds is 5. The number of fused-ring (bicyclic) bond motifs is 9. The summed E-state index contributed by atoms with van der Waals surface area (Å²) < 4.78 is 6.30. The monoisotopic (exact) mass is 669 g/mol. The molecule has 6 aromatic carbocycles. The van der Waals surface area contributed by atoms with Crippen LogP contribution in [0, 0.1) is 0 Å². The van der Waals surface area contributed by atoms with Gasteiger partial charge in [-0.3, -0.25) is 4.99 Å². The van der Waals surface area contributed by atoms with Crippen LogP contribution in [0.1, 0.15) is 35.6 Å². The molecule has 0 saturated heterocycles. The van der Waals surface area contributed by atoms with Crippen molar-refractivity contribution in [2.45, 2.75) is 13.3 Å². The average Bonchev–Trinajstić information content (AvgIpc) is 3.32. The zero-order valence-corrected chi connectivity index (χ0v) is 28.9. The Kier molecular flexibility index (Phi) is 7.98. The Morgan fingerprint density at radius 3 is 2.13 bits per heavy atom. The number of aliphatic imine (C=N–C) groups is 3. The predicted octanol–water partition coefficient (Wildman–Crippen LogP) is 12.2. The van der Waals surface area contributed by atoms with Crippen molar-refractivity contribution in [3.63, 3.8) is 0 Å². The zero-order chi connectivity index (χ0) is 35.0. The molecule has 0 atom stereocenters. The largest absolute Gasteiger partial charge is 0.456 e. The number of nitrogens with zero attached hydrogens (tertiary/aromatic N) is 3. The van der Waals surface area contributed by atoms with Crippen molar-refractivity contribution in [2.24, 2.45) is 15.0 Å². The highest BCUT2D eigenvalue weighted by Crippen LogP contribution is 2.45. The van der Waals surface area contributed by atoms with Gasteiger partial charge in [-0.1, -0.05) is 140 Å². The molecule has 0 fully saturated rings. The fourth-order valence-electron chi connectivity index (χ4n) is 7.62. The SMILES string of the molecule is C=NC(=NC(=NCC)C1=C(c2ccc(-c3ccc4oc5ccc6ccccc6c5c4c3)cc2)C2=CC=CC=C(C2)c2ccccc21)c1ccccc1. The lowest BCUT2D eigenvalue weighted by Gasteiger charge is -2.18. The van der Waals surface area contributed by atoms with Crippen LogP contribution < -0.4 is 0 Å². The molecule has 0 radical (unpaired) electrons.